The first-order valence-corrected chi connectivity index (χ1v) is 12.1. The minimum Gasteiger partial charge on any atom is -0.376 e. The molecule has 2 aromatic carbocycles. The molecule has 7 heteroatoms. The average molecular weight is 485 g/mol. The molecule has 4 rings (SSSR count). The lowest BCUT2D eigenvalue weighted by atomic mass is 9.66. The summed E-state index contributed by atoms with van der Waals surface area (Å²) in [6.07, 6.45) is -0.301. The van der Waals surface area contributed by atoms with Crippen molar-refractivity contribution in [3.63, 3.8) is 0 Å². The van der Waals surface area contributed by atoms with Crippen molar-refractivity contribution in [3.8, 4) is 6.07 Å². The minimum absolute atomic E-state index is 0.0232. The highest BCUT2D eigenvalue weighted by Gasteiger charge is 2.51. The van der Waals surface area contributed by atoms with Crippen LogP contribution in [-0.2, 0) is 5.60 Å². The van der Waals surface area contributed by atoms with Gasteiger partial charge in [-0.1, -0.05) is 38.1 Å². The summed E-state index contributed by atoms with van der Waals surface area (Å²) in [5, 5.41) is 19.0. The Bertz CT molecular complexity index is 1110. The first kappa shape index (κ1) is 25.2. The highest BCUT2D eigenvalue weighted by atomic mass is 19.4. The molecule has 2 aliphatic carbocycles. The molecule has 2 aliphatic rings. The third kappa shape index (κ3) is 4.95. The number of carbonyl (C=O) groups excluding carboxylic acids is 1. The third-order valence-corrected chi connectivity index (χ3v) is 7.73. The zero-order valence-electron chi connectivity index (χ0n) is 20.3. The predicted molar refractivity (Wildman–Crippen MR) is 127 cm³/mol. The summed E-state index contributed by atoms with van der Waals surface area (Å²) >= 11 is 0. The zero-order chi connectivity index (χ0) is 25.6. The molecule has 1 unspecified atom stereocenters. The summed E-state index contributed by atoms with van der Waals surface area (Å²) in [7, 11) is 0. The molecule has 0 bridgehead atoms. The van der Waals surface area contributed by atoms with Crippen molar-refractivity contribution in [3.05, 3.63) is 70.8 Å². The highest BCUT2D eigenvalue weighted by Crippen LogP contribution is 2.48. The summed E-state index contributed by atoms with van der Waals surface area (Å²) in [6.45, 7) is 5.08. The van der Waals surface area contributed by atoms with E-state index in [0.29, 0.717) is 17.0 Å². The van der Waals surface area contributed by atoms with Gasteiger partial charge in [-0.3, -0.25) is 4.79 Å². The summed E-state index contributed by atoms with van der Waals surface area (Å²) in [5.41, 5.74) is -1.25. The van der Waals surface area contributed by atoms with Gasteiger partial charge < -0.3 is 10.0 Å². The molecule has 0 saturated heterocycles. The number of nitrogens with zero attached hydrogens (tertiary/aromatic N) is 2. The third-order valence-electron chi connectivity index (χ3n) is 7.73. The van der Waals surface area contributed by atoms with E-state index in [4.69, 9.17) is 5.26 Å². The number of amides is 1. The number of hydrogen-bond donors (Lipinski definition) is 1. The number of carbonyl (C=O) groups is 1. The Morgan fingerprint density at radius 1 is 1.03 bits per heavy atom. The molecule has 35 heavy (non-hydrogen) atoms. The molecule has 1 amide bonds. The van der Waals surface area contributed by atoms with Crippen molar-refractivity contribution in [1.29, 1.82) is 5.26 Å². The Hall–Kier alpha value is -2.85. The van der Waals surface area contributed by atoms with E-state index in [0.717, 1.165) is 39.0 Å². The van der Waals surface area contributed by atoms with E-state index in [-0.39, 0.29) is 29.0 Å². The maximum atomic E-state index is 13.6. The SMILES string of the molecule is CC1(C)CC(c2ccc(C#N)cc2)CC[C@@H]1N(C(=O)c1ccc([C@](C)(O)C(F)(F)F)cc1)C1CC1. The standard InChI is InChI=1S/C28H31F3N2O2/c1-26(2)16-21(19-6-4-18(17-32)5-7-19)10-15-24(26)33(23-13-14-23)25(34)20-8-11-22(12-9-20)27(3,35)28(29,30)31/h4-9,11-12,21,23-24,35H,10,13-16H2,1-3H3/t21?,24-,27-/m0/s1. The quantitative estimate of drug-likeness (QED) is 0.542. The second kappa shape index (κ2) is 8.98. The van der Waals surface area contributed by atoms with Gasteiger partial charge in [0.2, 0.25) is 0 Å². The molecule has 0 heterocycles. The van der Waals surface area contributed by atoms with E-state index < -0.39 is 11.8 Å². The topological polar surface area (TPSA) is 64.3 Å². The Morgan fingerprint density at radius 3 is 2.11 bits per heavy atom. The van der Waals surface area contributed by atoms with Crippen LogP contribution in [0.3, 0.4) is 0 Å². The second-order valence-electron chi connectivity index (χ2n) is 10.8. The molecule has 3 atom stereocenters. The molecule has 4 nitrogen and oxygen atoms in total. The number of alkyl halides is 3. The molecule has 186 valence electrons. The second-order valence-corrected chi connectivity index (χ2v) is 10.8. The van der Waals surface area contributed by atoms with Crippen LogP contribution in [0.25, 0.3) is 0 Å². The number of halogens is 3. The van der Waals surface area contributed by atoms with Crippen molar-refractivity contribution in [1.82, 2.24) is 4.90 Å². The number of nitriles is 1. The summed E-state index contributed by atoms with van der Waals surface area (Å²) < 4.78 is 39.6. The van der Waals surface area contributed by atoms with Crippen molar-refractivity contribution in [2.45, 2.75) is 82.7 Å². The lowest BCUT2D eigenvalue weighted by Crippen LogP contribution is -2.52. The number of benzene rings is 2. The van der Waals surface area contributed by atoms with E-state index in [9.17, 15) is 23.1 Å². The fraction of sp³-hybridized carbons (Fsp3) is 0.500. The van der Waals surface area contributed by atoms with Gasteiger partial charge in [-0.05, 0) is 85.8 Å². The summed E-state index contributed by atoms with van der Waals surface area (Å²) in [5.74, 6) is 0.176. The minimum atomic E-state index is -4.81. The van der Waals surface area contributed by atoms with Crippen molar-refractivity contribution < 1.29 is 23.1 Å². The van der Waals surface area contributed by atoms with Crippen molar-refractivity contribution in [2.24, 2.45) is 5.41 Å². The van der Waals surface area contributed by atoms with Crippen LogP contribution in [0.1, 0.15) is 85.8 Å². The van der Waals surface area contributed by atoms with E-state index in [2.05, 4.69) is 19.9 Å². The van der Waals surface area contributed by atoms with Crippen LogP contribution in [0.4, 0.5) is 13.2 Å². The fourth-order valence-corrected chi connectivity index (χ4v) is 5.42. The van der Waals surface area contributed by atoms with Gasteiger partial charge in [0.05, 0.1) is 11.6 Å². The zero-order valence-corrected chi connectivity index (χ0v) is 20.3. The van der Waals surface area contributed by atoms with E-state index in [1.54, 1.807) is 0 Å². The van der Waals surface area contributed by atoms with Crippen LogP contribution in [0, 0.1) is 16.7 Å². The predicted octanol–water partition coefficient (Wildman–Crippen LogP) is 6.30. The number of aliphatic hydroxyl groups is 1. The Morgan fingerprint density at radius 2 is 1.63 bits per heavy atom. The van der Waals surface area contributed by atoms with E-state index in [1.165, 1.54) is 29.8 Å². The normalized spacial score (nSPS) is 23.7. The van der Waals surface area contributed by atoms with Crippen LogP contribution in [0.5, 0.6) is 0 Å². The molecule has 1 N–H and O–H groups in total. The van der Waals surface area contributed by atoms with Crippen LogP contribution >= 0.6 is 0 Å². The smallest absolute Gasteiger partial charge is 0.376 e. The molecule has 0 aromatic heterocycles. The Labute approximate surface area is 204 Å². The van der Waals surface area contributed by atoms with Crippen LogP contribution in [0.2, 0.25) is 0 Å². The van der Waals surface area contributed by atoms with Gasteiger partial charge in [-0.25, -0.2) is 0 Å². The maximum absolute atomic E-state index is 13.6. The van der Waals surface area contributed by atoms with Gasteiger partial charge in [0, 0.05) is 17.6 Å². The Balaban J connectivity index is 1.54. The number of rotatable bonds is 5. The largest absolute Gasteiger partial charge is 0.421 e. The number of hydrogen-bond acceptors (Lipinski definition) is 3. The first-order chi connectivity index (χ1) is 16.3. The fourth-order valence-electron chi connectivity index (χ4n) is 5.42. The van der Waals surface area contributed by atoms with Gasteiger partial charge in [-0.15, -0.1) is 0 Å². The molecule has 0 radical (unpaired) electrons. The van der Waals surface area contributed by atoms with Gasteiger partial charge in [-0.2, -0.15) is 18.4 Å². The average Bonchev–Trinajstić information content (AvgIpc) is 3.64. The molecule has 0 spiro atoms. The summed E-state index contributed by atoms with van der Waals surface area (Å²) in [4.78, 5) is 15.6. The van der Waals surface area contributed by atoms with Gasteiger partial charge >= 0.3 is 6.18 Å². The lowest BCUT2D eigenvalue weighted by molar-refractivity contribution is -0.258. The van der Waals surface area contributed by atoms with Crippen molar-refractivity contribution in [2.75, 3.05) is 0 Å². The molecule has 0 aliphatic heterocycles. The van der Waals surface area contributed by atoms with Crippen LogP contribution in [-0.4, -0.2) is 34.2 Å². The summed E-state index contributed by atoms with van der Waals surface area (Å²) in [6, 6.07) is 15.2. The molecule has 2 saturated carbocycles. The van der Waals surface area contributed by atoms with Gasteiger partial charge in [0.15, 0.2) is 5.60 Å². The highest BCUT2D eigenvalue weighted by molar-refractivity contribution is 5.95. The molecule has 2 fully saturated rings. The van der Waals surface area contributed by atoms with Gasteiger partial charge in [0.25, 0.3) is 5.91 Å². The van der Waals surface area contributed by atoms with Gasteiger partial charge in [0.1, 0.15) is 0 Å². The monoisotopic (exact) mass is 484 g/mol. The molecule has 2 aromatic rings. The molecular formula is C28H31F3N2O2. The van der Waals surface area contributed by atoms with E-state index in [1.807, 2.05) is 29.2 Å². The molecular weight excluding hydrogens is 453 g/mol. The Kier molecular flexibility index (Phi) is 6.48. The van der Waals surface area contributed by atoms with Crippen LogP contribution < -0.4 is 0 Å². The maximum Gasteiger partial charge on any atom is 0.421 e. The van der Waals surface area contributed by atoms with Crippen LogP contribution in [0.15, 0.2) is 48.5 Å². The van der Waals surface area contributed by atoms with Crippen molar-refractivity contribution >= 4 is 5.91 Å². The van der Waals surface area contributed by atoms with E-state index >= 15 is 0 Å². The first-order valence-electron chi connectivity index (χ1n) is 12.1. The lowest BCUT2D eigenvalue weighted by Gasteiger charge is -2.48.